The van der Waals surface area contributed by atoms with Crippen molar-refractivity contribution in [1.29, 1.82) is 0 Å². The number of benzene rings is 2. The average Bonchev–Trinajstić information content (AvgIpc) is 2.42. The molecule has 0 aliphatic heterocycles. The normalized spacial score (nSPS) is 11.9. The van der Waals surface area contributed by atoms with Crippen molar-refractivity contribution in [3.05, 3.63) is 65.2 Å². The summed E-state index contributed by atoms with van der Waals surface area (Å²) in [5, 5.41) is 0. The second-order valence-electron chi connectivity index (χ2n) is 4.52. The van der Waals surface area contributed by atoms with Gasteiger partial charge >= 0.3 is 0 Å². The minimum atomic E-state index is -0.0125. The molecule has 0 saturated carbocycles. The highest BCUT2D eigenvalue weighted by Crippen LogP contribution is 2.26. The van der Waals surface area contributed by atoms with Crippen molar-refractivity contribution in [2.75, 3.05) is 0 Å². The van der Waals surface area contributed by atoms with Crippen molar-refractivity contribution in [2.45, 2.75) is 20.0 Å². The molecule has 0 aromatic heterocycles. The highest BCUT2D eigenvalue weighted by Gasteiger charge is 2.09. The minimum Gasteiger partial charge on any atom is -0.486 e. The molecule has 19 heavy (non-hydrogen) atoms. The Morgan fingerprint density at radius 3 is 2.47 bits per heavy atom. The van der Waals surface area contributed by atoms with Gasteiger partial charge in [0.15, 0.2) is 0 Å². The van der Waals surface area contributed by atoms with Crippen LogP contribution in [0.5, 0.6) is 5.75 Å². The van der Waals surface area contributed by atoms with Crippen molar-refractivity contribution in [3.8, 4) is 5.75 Å². The first-order chi connectivity index (χ1) is 9.08. The van der Waals surface area contributed by atoms with Gasteiger partial charge < -0.3 is 10.5 Å². The van der Waals surface area contributed by atoms with Crippen LogP contribution in [0.25, 0.3) is 0 Å². The monoisotopic (exact) mass is 271 g/mol. The number of rotatable bonds is 4. The molecular formula is C16H17NOS. The van der Waals surface area contributed by atoms with Gasteiger partial charge in [0.2, 0.25) is 0 Å². The molecule has 1 atom stereocenters. The molecule has 2 aromatic carbocycles. The number of aryl methyl sites for hydroxylation is 1. The molecule has 0 fully saturated rings. The molecular weight excluding hydrogens is 254 g/mol. The molecule has 2 aromatic rings. The van der Waals surface area contributed by atoms with Crippen LogP contribution < -0.4 is 10.5 Å². The van der Waals surface area contributed by atoms with Gasteiger partial charge in [-0.15, -0.1) is 0 Å². The van der Waals surface area contributed by atoms with Crippen LogP contribution in [0.1, 0.15) is 29.7 Å². The van der Waals surface area contributed by atoms with Crippen LogP contribution in [0.4, 0.5) is 0 Å². The predicted molar refractivity (Wildman–Crippen MR) is 82.6 cm³/mol. The van der Waals surface area contributed by atoms with Crippen molar-refractivity contribution in [2.24, 2.45) is 5.73 Å². The molecule has 0 amide bonds. The molecule has 2 nitrogen and oxygen atoms in total. The third kappa shape index (κ3) is 3.32. The summed E-state index contributed by atoms with van der Waals surface area (Å²) in [5.41, 5.74) is 8.69. The number of nitrogens with two attached hydrogens (primary N) is 1. The predicted octanol–water partition coefficient (Wildman–Crippen LogP) is 3.77. The van der Waals surface area contributed by atoms with Crippen LogP contribution >= 0.6 is 12.2 Å². The summed E-state index contributed by atoms with van der Waals surface area (Å²) in [6.07, 6.45) is -0.0125. The van der Waals surface area contributed by atoms with E-state index in [0.717, 1.165) is 22.4 Å². The lowest BCUT2D eigenvalue weighted by atomic mass is 10.1. The zero-order chi connectivity index (χ0) is 13.8. The summed E-state index contributed by atoms with van der Waals surface area (Å²) in [4.78, 5) is 0.386. The van der Waals surface area contributed by atoms with Gasteiger partial charge in [-0.2, -0.15) is 0 Å². The van der Waals surface area contributed by atoms with E-state index < -0.39 is 0 Å². The number of thiocarbonyl (C=S) groups is 1. The fraction of sp³-hybridized carbons (Fsp3) is 0.188. The molecule has 2 rings (SSSR count). The summed E-state index contributed by atoms with van der Waals surface area (Å²) >= 11 is 4.99. The Bertz CT molecular complexity index is 581. The third-order valence-electron chi connectivity index (χ3n) is 3.05. The van der Waals surface area contributed by atoms with Crippen LogP contribution in [0.2, 0.25) is 0 Å². The van der Waals surface area contributed by atoms with Gasteiger partial charge in [0.1, 0.15) is 16.8 Å². The van der Waals surface area contributed by atoms with Crippen LogP contribution in [0, 0.1) is 6.92 Å². The fourth-order valence-electron chi connectivity index (χ4n) is 1.86. The van der Waals surface area contributed by atoms with E-state index >= 15 is 0 Å². The lowest BCUT2D eigenvalue weighted by molar-refractivity contribution is 0.225. The molecule has 3 heteroatoms. The summed E-state index contributed by atoms with van der Waals surface area (Å²) in [7, 11) is 0. The minimum absolute atomic E-state index is 0.0125. The van der Waals surface area contributed by atoms with Crippen molar-refractivity contribution < 1.29 is 4.74 Å². The van der Waals surface area contributed by atoms with Crippen molar-refractivity contribution in [3.63, 3.8) is 0 Å². The number of hydrogen-bond acceptors (Lipinski definition) is 2. The van der Waals surface area contributed by atoms with E-state index in [1.165, 1.54) is 0 Å². The van der Waals surface area contributed by atoms with Gasteiger partial charge in [0.25, 0.3) is 0 Å². The van der Waals surface area contributed by atoms with Gasteiger partial charge in [0.05, 0.1) is 0 Å². The first kappa shape index (κ1) is 13.6. The molecule has 98 valence electrons. The lowest BCUT2D eigenvalue weighted by Crippen LogP contribution is -2.10. The zero-order valence-corrected chi connectivity index (χ0v) is 11.9. The van der Waals surface area contributed by atoms with Crippen LogP contribution in [-0.2, 0) is 0 Å². The van der Waals surface area contributed by atoms with E-state index in [1.807, 2.05) is 50.2 Å². The van der Waals surface area contributed by atoms with E-state index in [-0.39, 0.29) is 6.10 Å². The third-order valence-corrected chi connectivity index (χ3v) is 3.28. The van der Waals surface area contributed by atoms with E-state index in [1.54, 1.807) is 0 Å². The molecule has 0 aliphatic rings. The Hall–Kier alpha value is -1.87. The maximum atomic E-state index is 6.01. The second kappa shape index (κ2) is 5.85. The molecule has 0 saturated heterocycles. The van der Waals surface area contributed by atoms with E-state index in [2.05, 4.69) is 12.1 Å². The SMILES string of the molecule is Cc1ccc(C(N)=S)cc1OC(C)c1ccccc1. The maximum absolute atomic E-state index is 6.01. The lowest BCUT2D eigenvalue weighted by Gasteiger charge is -2.17. The molecule has 0 radical (unpaired) electrons. The van der Waals surface area contributed by atoms with Crippen LogP contribution in [-0.4, -0.2) is 4.99 Å². The first-order valence-electron chi connectivity index (χ1n) is 6.20. The van der Waals surface area contributed by atoms with Gasteiger partial charge in [-0.1, -0.05) is 54.7 Å². The maximum Gasteiger partial charge on any atom is 0.123 e. The number of ether oxygens (including phenoxy) is 1. The summed E-state index contributed by atoms with van der Waals surface area (Å²) in [5.74, 6) is 0.821. The van der Waals surface area contributed by atoms with E-state index in [0.29, 0.717) is 4.99 Å². The van der Waals surface area contributed by atoms with Gasteiger partial charge in [-0.05, 0) is 31.0 Å². The molecule has 1 unspecified atom stereocenters. The molecule has 0 heterocycles. The summed E-state index contributed by atoms with van der Waals surface area (Å²) < 4.78 is 6.01. The Labute approximate surface area is 119 Å². The highest BCUT2D eigenvalue weighted by atomic mass is 32.1. The molecule has 0 spiro atoms. The topological polar surface area (TPSA) is 35.2 Å². The van der Waals surface area contributed by atoms with Crippen LogP contribution in [0.15, 0.2) is 48.5 Å². The largest absolute Gasteiger partial charge is 0.486 e. The van der Waals surface area contributed by atoms with Gasteiger partial charge in [0, 0.05) is 5.56 Å². The Kier molecular flexibility index (Phi) is 4.17. The highest BCUT2D eigenvalue weighted by molar-refractivity contribution is 7.80. The zero-order valence-electron chi connectivity index (χ0n) is 11.1. The average molecular weight is 271 g/mol. The molecule has 0 aliphatic carbocycles. The van der Waals surface area contributed by atoms with Gasteiger partial charge in [-0.25, -0.2) is 0 Å². The van der Waals surface area contributed by atoms with Crippen molar-refractivity contribution in [1.82, 2.24) is 0 Å². The number of hydrogen-bond donors (Lipinski definition) is 1. The van der Waals surface area contributed by atoms with E-state index in [4.69, 9.17) is 22.7 Å². The quantitative estimate of drug-likeness (QED) is 0.860. The van der Waals surface area contributed by atoms with Gasteiger partial charge in [-0.3, -0.25) is 0 Å². The Balaban J connectivity index is 2.23. The molecule has 0 bridgehead atoms. The Morgan fingerprint density at radius 1 is 1.16 bits per heavy atom. The first-order valence-corrected chi connectivity index (χ1v) is 6.61. The van der Waals surface area contributed by atoms with Crippen molar-refractivity contribution >= 4 is 17.2 Å². The summed E-state index contributed by atoms with van der Waals surface area (Å²) in [6.45, 7) is 4.04. The summed E-state index contributed by atoms with van der Waals surface area (Å²) in [6, 6.07) is 15.9. The Morgan fingerprint density at radius 2 is 1.84 bits per heavy atom. The standard InChI is InChI=1S/C16H17NOS/c1-11-8-9-14(16(17)19)10-15(11)18-12(2)13-6-4-3-5-7-13/h3-10,12H,1-2H3,(H2,17,19). The van der Waals surface area contributed by atoms with E-state index in [9.17, 15) is 0 Å². The molecule has 2 N–H and O–H groups in total. The van der Waals surface area contributed by atoms with Crippen LogP contribution in [0.3, 0.4) is 0 Å². The fourth-order valence-corrected chi connectivity index (χ4v) is 1.99. The second-order valence-corrected chi connectivity index (χ2v) is 4.96. The smallest absolute Gasteiger partial charge is 0.123 e.